The minimum atomic E-state index is -4.03. The summed E-state index contributed by atoms with van der Waals surface area (Å²) in [5, 5.41) is 5.33. The monoisotopic (exact) mass is 410 g/mol. The van der Waals surface area contributed by atoms with Gasteiger partial charge in [0, 0.05) is 22.5 Å². The van der Waals surface area contributed by atoms with Gasteiger partial charge in [0.15, 0.2) is 12.7 Å². The Morgan fingerprint density at radius 1 is 0.960 bits per heavy atom. The number of fused-ring (bicyclic) bond motifs is 1. The van der Waals surface area contributed by atoms with Crippen LogP contribution < -0.4 is 17.1 Å². The van der Waals surface area contributed by atoms with E-state index in [0.29, 0.717) is 25.8 Å². The quantitative estimate of drug-likeness (QED) is 0.298. The molecule has 0 saturated carbocycles. The van der Waals surface area contributed by atoms with E-state index in [4.69, 9.17) is 19.6 Å². The third-order valence-electron chi connectivity index (χ3n) is 3.52. The van der Waals surface area contributed by atoms with Crippen molar-refractivity contribution >= 4 is 26.1 Å². The van der Waals surface area contributed by atoms with Crippen molar-refractivity contribution in [1.29, 1.82) is 0 Å². The van der Waals surface area contributed by atoms with Crippen LogP contribution in [0.4, 0.5) is 0 Å². The molecule has 0 bridgehead atoms. The van der Waals surface area contributed by atoms with Crippen LogP contribution in [0, 0.1) is 0 Å². The maximum Gasteiger partial charge on any atom is 0.325 e. The molecule has 0 unspecified atom stereocenters. The van der Waals surface area contributed by atoms with Crippen LogP contribution in [0.25, 0.3) is 10.9 Å². The Balaban J connectivity index is 0.00000312. The zero-order chi connectivity index (χ0) is 17.8. The summed E-state index contributed by atoms with van der Waals surface area (Å²) >= 11 is 0. The molecule has 11 heteroatoms. The summed E-state index contributed by atoms with van der Waals surface area (Å²) in [5.41, 5.74) is 1.65. The number of aromatic nitrogens is 2. The smallest absolute Gasteiger partial charge is 0.325 e. The molecule has 0 radical (unpaired) electrons. The van der Waals surface area contributed by atoms with Crippen molar-refractivity contribution in [3.05, 3.63) is 36.0 Å². The lowest BCUT2D eigenvalue weighted by molar-refractivity contribution is -0.751. The highest BCUT2D eigenvalue weighted by molar-refractivity contribution is 7.52. The number of halogens is 1. The van der Waals surface area contributed by atoms with Gasteiger partial charge in [-0.05, 0) is 18.9 Å². The summed E-state index contributed by atoms with van der Waals surface area (Å²) in [7, 11) is -8.05. The fourth-order valence-corrected chi connectivity index (χ4v) is 3.60. The molecule has 25 heavy (non-hydrogen) atoms. The Kier molecular flexibility index (Phi) is 8.16. The lowest BCUT2D eigenvalue weighted by Crippen LogP contribution is -3.00. The van der Waals surface area contributed by atoms with Crippen LogP contribution in [-0.2, 0) is 22.1 Å². The zero-order valence-electron chi connectivity index (χ0n) is 13.4. The highest BCUT2D eigenvalue weighted by Gasteiger charge is 2.17. The number of hydrogen-bond donors (Lipinski definition) is 4. The van der Waals surface area contributed by atoms with Gasteiger partial charge in [-0.1, -0.05) is 22.9 Å². The molecule has 1 heterocycles. The van der Waals surface area contributed by atoms with E-state index in [9.17, 15) is 9.13 Å². The molecule has 0 atom stereocenters. The van der Waals surface area contributed by atoms with Crippen LogP contribution in [0.1, 0.15) is 18.4 Å². The van der Waals surface area contributed by atoms with Gasteiger partial charge in [0.05, 0.1) is 12.3 Å². The van der Waals surface area contributed by atoms with Crippen LogP contribution >= 0.6 is 15.2 Å². The van der Waals surface area contributed by atoms with E-state index in [-0.39, 0.29) is 24.7 Å². The highest BCUT2D eigenvalue weighted by Crippen LogP contribution is 2.36. The summed E-state index contributed by atoms with van der Waals surface area (Å²) in [6, 6.07) is 7.44. The summed E-state index contributed by atoms with van der Waals surface area (Å²) in [6.45, 7) is 0.363. The molecule has 0 aliphatic rings. The predicted molar refractivity (Wildman–Crippen MR) is 88.7 cm³/mol. The minimum absolute atomic E-state index is 0. The molecule has 0 spiro atoms. The first-order chi connectivity index (χ1) is 11.1. The summed E-state index contributed by atoms with van der Waals surface area (Å²) in [5.74, 6) is 0. The SMILES string of the molecule is O=P(O)(O)CCCc1c[n+](CCCP(=O)(O)O)nc2ccccc12.[Cl-]. The van der Waals surface area contributed by atoms with E-state index in [1.165, 1.54) is 0 Å². The van der Waals surface area contributed by atoms with Gasteiger partial charge >= 0.3 is 15.2 Å². The van der Waals surface area contributed by atoms with Gasteiger partial charge in [-0.3, -0.25) is 9.13 Å². The van der Waals surface area contributed by atoms with Gasteiger partial charge in [-0.15, -0.1) is 0 Å². The van der Waals surface area contributed by atoms with Crippen LogP contribution in [0.2, 0.25) is 0 Å². The second kappa shape index (κ2) is 9.19. The number of benzene rings is 1. The highest BCUT2D eigenvalue weighted by atomic mass is 35.5. The van der Waals surface area contributed by atoms with E-state index in [1.807, 2.05) is 24.3 Å². The van der Waals surface area contributed by atoms with Crippen molar-refractivity contribution in [3.8, 4) is 0 Å². The maximum absolute atomic E-state index is 11.0. The van der Waals surface area contributed by atoms with Crippen molar-refractivity contribution < 1.29 is 45.8 Å². The van der Waals surface area contributed by atoms with E-state index < -0.39 is 15.2 Å². The molecule has 4 N–H and O–H groups in total. The van der Waals surface area contributed by atoms with E-state index in [1.54, 1.807) is 10.9 Å². The van der Waals surface area contributed by atoms with Crippen LogP contribution in [0.15, 0.2) is 30.5 Å². The van der Waals surface area contributed by atoms with Crippen molar-refractivity contribution in [2.45, 2.75) is 25.8 Å². The topological polar surface area (TPSA) is 132 Å². The molecule has 2 rings (SSSR count). The second-order valence-electron chi connectivity index (χ2n) is 5.67. The number of aryl methyl sites for hydroxylation is 2. The van der Waals surface area contributed by atoms with Gasteiger partial charge in [0.2, 0.25) is 0 Å². The first-order valence-corrected chi connectivity index (χ1v) is 11.1. The first kappa shape index (κ1) is 22.2. The molecule has 1 aromatic heterocycles. The summed E-state index contributed by atoms with van der Waals surface area (Å²) in [6.07, 6.45) is 2.53. The lowest BCUT2D eigenvalue weighted by atomic mass is 10.1. The lowest BCUT2D eigenvalue weighted by Gasteiger charge is -2.06. The van der Waals surface area contributed by atoms with Crippen molar-refractivity contribution in [1.82, 2.24) is 5.10 Å². The Hall–Kier alpha value is -0.850. The molecule has 0 fully saturated rings. The molecule has 0 aliphatic heterocycles. The van der Waals surface area contributed by atoms with Gasteiger partial charge in [-0.2, -0.15) is 0 Å². The third-order valence-corrected chi connectivity index (χ3v) is 5.32. The van der Waals surface area contributed by atoms with E-state index >= 15 is 0 Å². The average molecular weight is 411 g/mol. The molecule has 0 saturated heterocycles. The van der Waals surface area contributed by atoms with Crippen molar-refractivity contribution in [3.63, 3.8) is 0 Å². The van der Waals surface area contributed by atoms with Gasteiger partial charge in [0.1, 0.15) is 5.52 Å². The van der Waals surface area contributed by atoms with Crippen molar-refractivity contribution in [2.75, 3.05) is 12.3 Å². The van der Waals surface area contributed by atoms with E-state index in [0.717, 1.165) is 16.5 Å². The zero-order valence-corrected chi connectivity index (χ0v) is 15.9. The Bertz CT molecular complexity index is 807. The third kappa shape index (κ3) is 7.92. The molecule has 1 aromatic carbocycles. The molecular formula is C14H21ClN2O6P2. The number of rotatable bonds is 8. The average Bonchev–Trinajstić information content (AvgIpc) is 2.44. The van der Waals surface area contributed by atoms with Crippen LogP contribution in [-0.4, -0.2) is 37.0 Å². The molecule has 140 valence electrons. The molecule has 8 nitrogen and oxygen atoms in total. The Morgan fingerprint density at radius 2 is 1.56 bits per heavy atom. The van der Waals surface area contributed by atoms with Gasteiger partial charge < -0.3 is 32.0 Å². The number of nitrogens with zero attached hydrogens (tertiary/aromatic N) is 2. The van der Waals surface area contributed by atoms with Crippen LogP contribution in [0.3, 0.4) is 0 Å². The van der Waals surface area contributed by atoms with Crippen molar-refractivity contribution in [2.24, 2.45) is 0 Å². The summed E-state index contributed by atoms with van der Waals surface area (Å²) in [4.78, 5) is 35.8. The molecule has 0 amide bonds. The Morgan fingerprint density at radius 3 is 2.20 bits per heavy atom. The standard InChI is InChI=1S/C14H20N2O6P2.ClH/c17-23(18,19)9-3-5-12-11-16(8-4-10-24(20,21)22)15-14-7-2-1-6-13(12)14;/h1-2,6-7,11H,3-5,8-10H2,(H3-,17,18,19,20,21,22);1H. The molecule has 2 aromatic rings. The molecular weight excluding hydrogens is 390 g/mol. The normalized spacial score (nSPS) is 12.2. The second-order valence-corrected chi connectivity index (χ2v) is 9.22. The maximum atomic E-state index is 11.0. The van der Waals surface area contributed by atoms with Crippen LogP contribution in [0.5, 0.6) is 0 Å². The van der Waals surface area contributed by atoms with Gasteiger partial charge in [-0.25, -0.2) is 0 Å². The summed E-state index contributed by atoms with van der Waals surface area (Å²) < 4.78 is 23.5. The fraction of sp³-hybridized carbons (Fsp3) is 0.429. The molecule has 0 aliphatic carbocycles. The van der Waals surface area contributed by atoms with Gasteiger partial charge in [0.25, 0.3) is 0 Å². The van der Waals surface area contributed by atoms with E-state index in [2.05, 4.69) is 5.10 Å². The minimum Gasteiger partial charge on any atom is -1.00 e. The fourth-order valence-electron chi connectivity index (χ4n) is 2.48. The predicted octanol–water partition coefficient (Wildman–Crippen LogP) is -1.80. The number of hydrogen-bond acceptors (Lipinski definition) is 3. The largest absolute Gasteiger partial charge is 1.00 e. The first-order valence-electron chi connectivity index (χ1n) is 7.52. The Labute approximate surface area is 151 Å².